The van der Waals surface area contributed by atoms with Crippen molar-refractivity contribution in [3.63, 3.8) is 0 Å². The number of ketones is 1. The van der Waals surface area contributed by atoms with Crippen LogP contribution in [0, 0.1) is 6.92 Å². The number of carbonyl (C=O) groups is 1. The van der Waals surface area contributed by atoms with Crippen LogP contribution in [0.4, 0.5) is 0 Å². The van der Waals surface area contributed by atoms with Gasteiger partial charge in [0.05, 0.1) is 16.9 Å². The number of pyridine rings is 1. The Morgan fingerprint density at radius 2 is 1.76 bits per heavy atom. The van der Waals surface area contributed by atoms with Crippen molar-refractivity contribution in [2.24, 2.45) is 0 Å². The zero-order valence-corrected chi connectivity index (χ0v) is 13.5. The Balaban J connectivity index is 1.83. The molecule has 0 unspecified atom stereocenters. The maximum Gasteiger partial charge on any atom is 0.198 e. The monoisotopic (exact) mass is 329 g/mol. The molecule has 1 N–H and O–H groups in total. The normalized spacial score (nSPS) is 10.9. The first-order valence-electron chi connectivity index (χ1n) is 7.88. The highest BCUT2D eigenvalue weighted by atomic mass is 16.3. The van der Waals surface area contributed by atoms with Gasteiger partial charge < -0.3 is 5.11 Å². The molecule has 25 heavy (non-hydrogen) atoms. The van der Waals surface area contributed by atoms with E-state index in [-0.39, 0.29) is 17.1 Å². The Morgan fingerprint density at radius 1 is 1.04 bits per heavy atom. The first-order valence-corrected chi connectivity index (χ1v) is 7.88. The van der Waals surface area contributed by atoms with Crippen molar-refractivity contribution >= 4 is 16.8 Å². The molecule has 0 aliphatic heterocycles. The molecular weight excluding hydrogens is 314 g/mol. The first-order chi connectivity index (χ1) is 12.1. The summed E-state index contributed by atoms with van der Waals surface area (Å²) in [5.41, 5.74) is 3.07. The molecule has 2 aromatic carbocycles. The van der Waals surface area contributed by atoms with E-state index in [9.17, 15) is 9.90 Å². The summed E-state index contributed by atoms with van der Waals surface area (Å²) < 4.78 is 1.76. The van der Waals surface area contributed by atoms with Crippen molar-refractivity contribution in [2.75, 3.05) is 0 Å². The second kappa shape index (κ2) is 5.87. The van der Waals surface area contributed by atoms with Gasteiger partial charge in [-0.05, 0) is 37.3 Å². The second-order valence-corrected chi connectivity index (χ2v) is 5.77. The van der Waals surface area contributed by atoms with Crippen LogP contribution in [0.2, 0.25) is 0 Å². The number of phenolic OH excluding ortho intramolecular Hbond substituents is 1. The summed E-state index contributed by atoms with van der Waals surface area (Å²) in [6.07, 6.45) is 1.53. The summed E-state index contributed by atoms with van der Waals surface area (Å²) >= 11 is 0. The number of carbonyl (C=O) groups excluding carboxylic acids is 1. The number of hydrogen-bond donors (Lipinski definition) is 1. The molecule has 4 rings (SSSR count). The van der Waals surface area contributed by atoms with Crippen LogP contribution in [0.3, 0.4) is 0 Å². The number of hydrogen-bond acceptors (Lipinski definition) is 4. The van der Waals surface area contributed by atoms with E-state index in [0.717, 1.165) is 16.8 Å². The van der Waals surface area contributed by atoms with Crippen molar-refractivity contribution in [1.82, 2.24) is 14.8 Å². The lowest BCUT2D eigenvalue weighted by Gasteiger charge is -2.05. The van der Waals surface area contributed by atoms with Crippen molar-refractivity contribution in [1.29, 1.82) is 0 Å². The Labute approximate surface area is 144 Å². The maximum atomic E-state index is 12.7. The van der Waals surface area contributed by atoms with Gasteiger partial charge in [0.25, 0.3) is 0 Å². The molecule has 0 spiro atoms. The summed E-state index contributed by atoms with van der Waals surface area (Å²) in [4.78, 5) is 17.1. The zero-order chi connectivity index (χ0) is 17.4. The lowest BCUT2D eigenvalue weighted by atomic mass is 10.0. The number of aromatic nitrogens is 3. The molecule has 122 valence electrons. The van der Waals surface area contributed by atoms with E-state index in [2.05, 4.69) is 10.1 Å². The SMILES string of the molecule is Cc1nn(-c2ccccc2)c2ncc(C(=O)c3ccccc3O)cc12. The predicted molar refractivity (Wildman–Crippen MR) is 95.1 cm³/mol. The van der Waals surface area contributed by atoms with Gasteiger partial charge in [0.2, 0.25) is 0 Å². The van der Waals surface area contributed by atoms with Gasteiger partial charge in [-0.1, -0.05) is 30.3 Å². The molecule has 0 fully saturated rings. The molecule has 0 aliphatic carbocycles. The van der Waals surface area contributed by atoms with Crippen LogP contribution in [-0.2, 0) is 0 Å². The summed E-state index contributed by atoms with van der Waals surface area (Å²) in [6, 6.07) is 18.0. The van der Waals surface area contributed by atoms with Gasteiger partial charge in [-0.3, -0.25) is 4.79 Å². The van der Waals surface area contributed by atoms with Crippen molar-refractivity contribution in [3.8, 4) is 11.4 Å². The van der Waals surface area contributed by atoms with E-state index in [1.54, 1.807) is 28.9 Å². The Hall–Kier alpha value is -3.47. The summed E-state index contributed by atoms with van der Waals surface area (Å²) in [7, 11) is 0. The maximum absolute atomic E-state index is 12.7. The topological polar surface area (TPSA) is 68.0 Å². The van der Waals surface area contributed by atoms with Gasteiger partial charge in [0, 0.05) is 17.1 Å². The number of phenols is 1. The average molecular weight is 329 g/mol. The van der Waals surface area contributed by atoms with Gasteiger partial charge in [-0.15, -0.1) is 0 Å². The highest BCUT2D eigenvalue weighted by Gasteiger charge is 2.17. The third-order valence-electron chi connectivity index (χ3n) is 4.12. The molecule has 0 saturated carbocycles. The molecule has 5 nitrogen and oxygen atoms in total. The lowest BCUT2D eigenvalue weighted by Crippen LogP contribution is -2.03. The van der Waals surface area contributed by atoms with Crippen molar-refractivity contribution < 1.29 is 9.90 Å². The first kappa shape index (κ1) is 15.1. The molecule has 0 aliphatic rings. The Kier molecular flexibility index (Phi) is 3.54. The zero-order valence-electron chi connectivity index (χ0n) is 13.5. The van der Waals surface area contributed by atoms with Crippen LogP contribution in [0.5, 0.6) is 5.75 Å². The summed E-state index contributed by atoms with van der Waals surface area (Å²) in [5, 5.41) is 15.3. The van der Waals surface area contributed by atoms with Gasteiger partial charge in [-0.2, -0.15) is 5.10 Å². The van der Waals surface area contributed by atoms with Crippen molar-refractivity contribution in [2.45, 2.75) is 6.92 Å². The molecule has 0 bridgehead atoms. The van der Waals surface area contributed by atoms with E-state index in [1.807, 2.05) is 37.3 Å². The molecule has 0 radical (unpaired) electrons. The molecule has 2 aromatic heterocycles. The van der Waals surface area contributed by atoms with Crippen LogP contribution in [-0.4, -0.2) is 25.7 Å². The fourth-order valence-electron chi connectivity index (χ4n) is 2.84. The predicted octanol–water partition coefficient (Wildman–Crippen LogP) is 3.67. The Bertz CT molecular complexity index is 1080. The number of aryl methyl sites for hydroxylation is 1. The molecule has 0 atom stereocenters. The van der Waals surface area contributed by atoms with E-state index < -0.39 is 0 Å². The minimum Gasteiger partial charge on any atom is -0.507 e. The molecular formula is C20H15N3O2. The standard InChI is InChI=1S/C20H15N3O2/c1-13-17-11-14(19(25)16-9-5-6-10-18(16)24)12-21-20(17)23(22-13)15-7-3-2-4-8-15/h2-12,24H,1H3. The average Bonchev–Trinajstić information content (AvgIpc) is 2.98. The number of fused-ring (bicyclic) bond motifs is 1. The van der Waals surface area contributed by atoms with E-state index in [1.165, 1.54) is 12.3 Å². The van der Waals surface area contributed by atoms with Crippen LogP contribution >= 0.6 is 0 Å². The fourth-order valence-corrected chi connectivity index (χ4v) is 2.84. The number of para-hydroxylation sites is 2. The van der Waals surface area contributed by atoms with Gasteiger partial charge in [0.1, 0.15) is 5.75 Å². The van der Waals surface area contributed by atoms with E-state index in [4.69, 9.17) is 0 Å². The number of aromatic hydroxyl groups is 1. The third kappa shape index (κ3) is 2.55. The van der Waals surface area contributed by atoms with Crippen molar-refractivity contribution in [3.05, 3.63) is 83.7 Å². The fraction of sp³-hybridized carbons (Fsp3) is 0.0500. The van der Waals surface area contributed by atoms with Gasteiger partial charge in [-0.25, -0.2) is 9.67 Å². The largest absolute Gasteiger partial charge is 0.507 e. The molecule has 0 saturated heterocycles. The van der Waals surface area contributed by atoms with Crippen LogP contribution in [0.25, 0.3) is 16.7 Å². The smallest absolute Gasteiger partial charge is 0.198 e. The number of benzene rings is 2. The van der Waals surface area contributed by atoms with Gasteiger partial charge in [0.15, 0.2) is 11.4 Å². The summed E-state index contributed by atoms with van der Waals surface area (Å²) in [6.45, 7) is 1.89. The minimum absolute atomic E-state index is 0.0377. The van der Waals surface area contributed by atoms with E-state index in [0.29, 0.717) is 11.2 Å². The lowest BCUT2D eigenvalue weighted by molar-refractivity contribution is 0.103. The molecule has 2 heterocycles. The number of nitrogens with zero attached hydrogens (tertiary/aromatic N) is 3. The Morgan fingerprint density at radius 3 is 2.52 bits per heavy atom. The quantitative estimate of drug-likeness (QED) is 0.582. The molecule has 4 aromatic rings. The van der Waals surface area contributed by atoms with Crippen LogP contribution in [0.15, 0.2) is 66.9 Å². The van der Waals surface area contributed by atoms with Crippen LogP contribution < -0.4 is 0 Å². The van der Waals surface area contributed by atoms with Crippen LogP contribution in [0.1, 0.15) is 21.6 Å². The highest BCUT2D eigenvalue weighted by Crippen LogP contribution is 2.24. The van der Waals surface area contributed by atoms with Gasteiger partial charge >= 0.3 is 0 Å². The molecule has 0 amide bonds. The summed E-state index contributed by atoms with van der Waals surface area (Å²) in [5.74, 6) is -0.302. The highest BCUT2D eigenvalue weighted by molar-refractivity contribution is 6.11. The minimum atomic E-state index is -0.264. The second-order valence-electron chi connectivity index (χ2n) is 5.77. The number of rotatable bonds is 3. The van der Waals surface area contributed by atoms with E-state index >= 15 is 0 Å². The third-order valence-corrected chi connectivity index (χ3v) is 4.12. The molecule has 5 heteroatoms.